The van der Waals surface area contributed by atoms with Crippen molar-refractivity contribution in [2.45, 2.75) is 105 Å². The molecule has 3 aromatic rings. The molecule has 1 aliphatic carbocycles. The quantitative estimate of drug-likeness (QED) is 0.167. The SMILES string of the molecule is CCNc1ccc2cc(-c3nn(COCC[Si](C)(C)C)c4c3CCC(C)(C)C4)n(COCC[Si](C)(C)C)c2c1. The second-order valence-electron chi connectivity index (χ2n) is 14.6. The Kier molecular flexibility index (Phi) is 9.20. The molecule has 216 valence electrons. The van der Waals surface area contributed by atoms with Crippen molar-refractivity contribution in [2.75, 3.05) is 25.1 Å². The summed E-state index contributed by atoms with van der Waals surface area (Å²) in [5.74, 6) is 0. The topological polar surface area (TPSA) is 53.2 Å². The van der Waals surface area contributed by atoms with E-state index in [-0.39, 0.29) is 5.41 Å². The van der Waals surface area contributed by atoms with Crippen molar-refractivity contribution in [3.05, 3.63) is 35.5 Å². The zero-order valence-corrected chi connectivity index (χ0v) is 28.0. The molecule has 1 N–H and O–H groups in total. The molecule has 0 spiro atoms. The molecule has 0 atom stereocenters. The van der Waals surface area contributed by atoms with Gasteiger partial charge in [0.05, 0.1) is 11.2 Å². The van der Waals surface area contributed by atoms with Gasteiger partial charge in [-0.3, -0.25) is 0 Å². The van der Waals surface area contributed by atoms with Crippen molar-refractivity contribution in [1.29, 1.82) is 0 Å². The fraction of sp³-hybridized carbons (Fsp3) is 0.645. The van der Waals surface area contributed by atoms with Crippen LogP contribution in [0.4, 0.5) is 5.69 Å². The van der Waals surface area contributed by atoms with Gasteiger partial charge >= 0.3 is 0 Å². The first kappa shape index (κ1) is 30.1. The molecule has 6 nitrogen and oxygen atoms in total. The van der Waals surface area contributed by atoms with Crippen molar-refractivity contribution in [3.8, 4) is 11.4 Å². The Labute approximate surface area is 238 Å². The lowest BCUT2D eigenvalue weighted by atomic mass is 9.76. The van der Waals surface area contributed by atoms with Gasteiger partial charge in [0.1, 0.15) is 19.2 Å². The van der Waals surface area contributed by atoms with Crippen LogP contribution >= 0.6 is 0 Å². The van der Waals surface area contributed by atoms with Crippen LogP contribution in [-0.4, -0.2) is 50.3 Å². The van der Waals surface area contributed by atoms with Gasteiger partial charge in [-0.15, -0.1) is 0 Å². The number of ether oxygens (including phenoxy) is 2. The minimum Gasteiger partial charge on any atom is -0.385 e. The molecule has 1 aliphatic rings. The maximum atomic E-state index is 6.34. The Morgan fingerprint density at radius 3 is 2.26 bits per heavy atom. The Bertz CT molecular complexity index is 1260. The van der Waals surface area contributed by atoms with Crippen molar-refractivity contribution in [1.82, 2.24) is 14.3 Å². The third-order valence-corrected chi connectivity index (χ3v) is 11.2. The summed E-state index contributed by atoms with van der Waals surface area (Å²) in [6, 6.07) is 11.3. The van der Waals surface area contributed by atoms with E-state index < -0.39 is 16.1 Å². The molecule has 39 heavy (non-hydrogen) atoms. The van der Waals surface area contributed by atoms with Crippen molar-refractivity contribution in [2.24, 2.45) is 5.41 Å². The van der Waals surface area contributed by atoms with E-state index in [4.69, 9.17) is 14.6 Å². The molecule has 0 fully saturated rings. The summed E-state index contributed by atoms with van der Waals surface area (Å²) in [4.78, 5) is 0. The van der Waals surface area contributed by atoms with Gasteiger partial charge in [-0.25, -0.2) is 4.68 Å². The van der Waals surface area contributed by atoms with Crippen LogP contribution in [0.1, 0.15) is 38.4 Å². The smallest absolute Gasteiger partial charge is 0.139 e. The van der Waals surface area contributed by atoms with E-state index in [0.717, 1.165) is 55.7 Å². The van der Waals surface area contributed by atoms with Crippen molar-refractivity contribution in [3.63, 3.8) is 0 Å². The average Bonchev–Trinajstić information content (AvgIpc) is 3.35. The molecular weight excluding hydrogens is 517 g/mol. The predicted octanol–water partition coefficient (Wildman–Crippen LogP) is 8.08. The Morgan fingerprint density at radius 2 is 1.62 bits per heavy atom. The van der Waals surface area contributed by atoms with Crippen LogP contribution in [0.15, 0.2) is 24.3 Å². The molecular formula is C31H52N4O2Si2. The summed E-state index contributed by atoms with van der Waals surface area (Å²) in [6.07, 6.45) is 3.25. The molecule has 0 radical (unpaired) electrons. The van der Waals surface area contributed by atoms with E-state index in [0.29, 0.717) is 13.5 Å². The minimum absolute atomic E-state index is 0.272. The highest BCUT2D eigenvalue weighted by atomic mass is 28.3. The lowest BCUT2D eigenvalue weighted by molar-refractivity contribution is 0.0747. The molecule has 4 rings (SSSR count). The highest BCUT2D eigenvalue weighted by Gasteiger charge is 2.32. The average molecular weight is 569 g/mol. The van der Waals surface area contributed by atoms with E-state index in [1.54, 1.807) is 0 Å². The summed E-state index contributed by atoms with van der Waals surface area (Å²) >= 11 is 0. The first-order chi connectivity index (χ1) is 18.3. The largest absolute Gasteiger partial charge is 0.385 e. The van der Waals surface area contributed by atoms with Gasteiger partial charge in [0.25, 0.3) is 0 Å². The highest BCUT2D eigenvalue weighted by Crippen LogP contribution is 2.40. The van der Waals surface area contributed by atoms with E-state index in [2.05, 4.69) is 98.9 Å². The minimum atomic E-state index is -1.16. The lowest BCUT2D eigenvalue weighted by Crippen LogP contribution is -2.25. The van der Waals surface area contributed by atoms with E-state index in [9.17, 15) is 0 Å². The van der Waals surface area contributed by atoms with Gasteiger partial charge < -0.3 is 19.4 Å². The molecule has 8 heteroatoms. The number of hydrogen-bond donors (Lipinski definition) is 1. The number of nitrogens with one attached hydrogen (secondary N) is 1. The Hall–Kier alpha value is -1.88. The van der Waals surface area contributed by atoms with E-state index in [1.807, 2.05) is 0 Å². The second kappa shape index (κ2) is 11.9. The molecule has 0 saturated carbocycles. The summed E-state index contributed by atoms with van der Waals surface area (Å²) in [5.41, 5.74) is 7.60. The van der Waals surface area contributed by atoms with Crippen LogP contribution in [-0.2, 0) is 35.8 Å². The second-order valence-corrected chi connectivity index (χ2v) is 25.8. The van der Waals surface area contributed by atoms with Crippen LogP contribution in [0.25, 0.3) is 22.3 Å². The number of nitrogens with zero attached hydrogens (tertiary/aromatic N) is 3. The lowest BCUT2D eigenvalue weighted by Gasteiger charge is -2.30. The molecule has 0 saturated heterocycles. The zero-order chi connectivity index (χ0) is 28.4. The number of hydrogen-bond acceptors (Lipinski definition) is 4. The predicted molar refractivity (Wildman–Crippen MR) is 171 cm³/mol. The molecule has 2 aromatic heterocycles. The van der Waals surface area contributed by atoms with Gasteiger partial charge in [0.15, 0.2) is 0 Å². The van der Waals surface area contributed by atoms with Gasteiger partial charge in [0, 0.05) is 58.2 Å². The summed E-state index contributed by atoms with van der Waals surface area (Å²) < 4.78 is 17.1. The fourth-order valence-electron chi connectivity index (χ4n) is 5.28. The van der Waals surface area contributed by atoms with Gasteiger partial charge in [-0.1, -0.05) is 59.2 Å². The fourth-order valence-corrected chi connectivity index (χ4v) is 6.79. The normalized spacial score (nSPS) is 15.6. The van der Waals surface area contributed by atoms with Crippen LogP contribution in [0.2, 0.25) is 51.4 Å². The number of aromatic nitrogens is 3. The maximum Gasteiger partial charge on any atom is 0.139 e. The third kappa shape index (κ3) is 7.87. The maximum absolute atomic E-state index is 6.34. The van der Waals surface area contributed by atoms with Crippen molar-refractivity contribution < 1.29 is 9.47 Å². The van der Waals surface area contributed by atoms with Crippen LogP contribution < -0.4 is 5.32 Å². The van der Waals surface area contributed by atoms with Gasteiger partial charge in [0.2, 0.25) is 0 Å². The van der Waals surface area contributed by atoms with Crippen LogP contribution in [0.5, 0.6) is 0 Å². The van der Waals surface area contributed by atoms with Crippen molar-refractivity contribution >= 4 is 32.7 Å². The summed E-state index contributed by atoms with van der Waals surface area (Å²) in [6.45, 7) is 24.9. The molecule has 0 aliphatic heterocycles. The highest BCUT2D eigenvalue weighted by molar-refractivity contribution is 6.76. The zero-order valence-electron chi connectivity index (χ0n) is 26.0. The molecule has 1 aromatic carbocycles. The molecule has 0 bridgehead atoms. The van der Waals surface area contributed by atoms with Gasteiger partial charge in [-0.05, 0) is 61.9 Å². The summed E-state index contributed by atoms with van der Waals surface area (Å²) in [7, 11) is -2.29. The monoisotopic (exact) mass is 568 g/mol. The van der Waals surface area contributed by atoms with Crippen LogP contribution in [0, 0.1) is 5.41 Å². The molecule has 0 unspecified atom stereocenters. The third-order valence-electron chi connectivity index (χ3n) is 7.82. The Balaban J connectivity index is 1.72. The standard InChI is InChI=1S/C31H52N4O2Si2/c1-10-32-25-12-11-24-19-28(34(27(24)20-25)22-36-15-17-38(4,5)6)30-26-13-14-31(2,3)21-29(26)35(33-30)23-37-16-18-39(7,8)9/h11-12,19-20,32H,10,13-18,21-23H2,1-9H3. The summed E-state index contributed by atoms with van der Waals surface area (Å²) in [5, 5.41) is 9.97. The number of anilines is 1. The van der Waals surface area contributed by atoms with Gasteiger partial charge in [-0.2, -0.15) is 5.10 Å². The molecule has 0 amide bonds. The molecule has 2 heterocycles. The number of rotatable bonds is 13. The van der Waals surface area contributed by atoms with E-state index >= 15 is 0 Å². The number of benzene rings is 1. The first-order valence-corrected chi connectivity index (χ1v) is 22.3. The van der Waals surface area contributed by atoms with E-state index in [1.165, 1.54) is 34.6 Å². The Morgan fingerprint density at radius 1 is 0.949 bits per heavy atom. The first-order valence-electron chi connectivity index (χ1n) is 14.9. The van der Waals surface area contributed by atoms with Crippen LogP contribution in [0.3, 0.4) is 0 Å². The number of fused-ring (bicyclic) bond motifs is 2.